The van der Waals surface area contributed by atoms with Crippen LogP contribution in [0.5, 0.6) is 0 Å². The molecule has 0 aliphatic carbocycles. The maximum absolute atomic E-state index is 13.4. The van der Waals surface area contributed by atoms with E-state index in [1.807, 2.05) is 6.07 Å². The number of likely N-dealkylation sites (tertiary alicyclic amines) is 1. The Morgan fingerprint density at radius 1 is 1.26 bits per heavy atom. The minimum absolute atomic E-state index is 0.0270. The van der Waals surface area contributed by atoms with Crippen LogP contribution in [-0.2, 0) is 7.05 Å². The first-order chi connectivity index (χ1) is 16.2. The van der Waals surface area contributed by atoms with Gasteiger partial charge in [-0.15, -0.1) is 0 Å². The van der Waals surface area contributed by atoms with E-state index in [0.29, 0.717) is 16.9 Å². The molecule has 34 heavy (non-hydrogen) atoms. The number of rotatable bonds is 5. The molecule has 0 aromatic carbocycles. The summed E-state index contributed by atoms with van der Waals surface area (Å²) in [5.41, 5.74) is 0.840. The first kappa shape index (κ1) is 24.1. The van der Waals surface area contributed by atoms with Crippen molar-refractivity contribution in [2.24, 2.45) is 7.05 Å². The number of anilines is 1. The van der Waals surface area contributed by atoms with Crippen LogP contribution in [0.3, 0.4) is 0 Å². The molecular weight excluding hydrogens is 514 g/mol. The second-order valence-electron chi connectivity index (χ2n) is 8.04. The van der Waals surface area contributed by atoms with Gasteiger partial charge in [-0.25, -0.2) is 0 Å². The number of amides is 1. The van der Waals surface area contributed by atoms with Crippen molar-refractivity contribution in [2.45, 2.75) is 24.0 Å². The number of fused-ring (bicyclic) bond motifs is 1. The van der Waals surface area contributed by atoms with Crippen molar-refractivity contribution in [3.05, 3.63) is 41.9 Å². The molecule has 1 amide bonds. The van der Waals surface area contributed by atoms with Crippen LogP contribution >= 0.6 is 0 Å². The van der Waals surface area contributed by atoms with Crippen molar-refractivity contribution >= 4 is 36.7 Å². The second kappa shape index (κ2) is 10.1. The molecule has 3 aromatic heterocycles. The zero-order valence-electron chi connectivity index (χ0n) is 18.7. The molecule has 4 rings (SSSR count). The van der Waals surface area contributed by atoms with E-state index in [-0.39, 0.29) is 28.6 Å². The SMILES string of the molecule is CN1CCC(Nc2cccc3c([Se]C(F)(F)F)c(C#CCNC(=O)c4cnn(C)c4)nn23)CC1. The van der Waals surface area contributed by atoms with Gasteiger partial charge in [-0.1, -0.05) is 0 Å². The van der Waals surface area contributed by atoms with Crippen molar-refractivity contribution < 1.29 is 18.0 Å². The third-order valence-electron chi connectivity index (χ3n) is 5.41. The molecule has 3 aromatic rings. The molecular formula is C22H24F3N7OSe. The van der Waals surface area contributed by atoms with Gasteiger partial charge in [0.15, 0.2) is 0 Å². The second-order valence-corrected chi connectivity index (χ2v) is 10.3. The van der Waals surface area contributed by atoms with Crippen molar-refractivity contribution in [1.29, 1.82) is 0 Å². The number of hydrogen-bond donors (Lipinski definition) is 2. The Morgan fingerprint density at radius 2 is 2.03 bits per heavy atom. The first-order valence-corrected chi connectivity index (χ1v) is 12.4. The number of alkyl halides is 3. The van der Waals surface area contributed by atoms with Gasteiger partial charge in [-0.2, -0.15) is 0 Å². The van der Waals surface area contributed by atoms with E-state index in [1.54, 1.807) is 25.4 Å². The van der Waals surface area contributed by atoms with E-state index in [1.165, 1.54) is 15.4 Å². The predicted molar refractivity (Wildman–Crippen MR) is 123 cm³/mol. The Morgan fingerprint density at radius 3 is 2.71 bits per heavy atom. The summed E-state index contributed by atoms with van der Waals surface area (Å²) in [6.07, 6.45) is 4.87. The topological polar surface area (TPSA) is 79.5 Å². The monoisotopic (exact) mass is 539 g/mol. The van der Waals surface area contributed by atoms with E-state index in [2.05, 4.69) is 44.6 Å². The number of halogens is 3. The average molecular weight is 538 g/mol. The maximum atomic E-state index is 13.4. The van der Waals surface area contributed by atoms with Gasteiger partial charge in [-0.3, -0.25) is 0 Å². The van der Waals surface area contributed by atoms with Gasteiger partial charge in [-0.05, 0) is 0 Å². The third kappa shape index (κ3) is 5.91. The molecule has 2 N–H and O–H groups in total. The van der Waals surface area contributed by atoms with Crippen LogP contribution in [0.2, 0.25) is 0 Å². The van der Waals surface area contributed by atoms with Gasteiger partial charge in [0.1, 0.15) is 0 Å². The van der Waals surface area contributed by atoms with Crippen molar-refractivity contribution in [3.8, 4) is 11.8 Å². The number of piperidine rings is 1. The molecule has 1 aliphatic heterocycles. The number of carbonyl (C=O) groups is 1. The quantitative estimate of drug-likeness (QED) is 0.377. The Labute approximate surface area is 201 Å². The van der Waals surface area contributed by atoms with Gasteiger partial charge in [0.05, 0.1) is 0 Å². The van der Waals surface area contributed by atoms with E-state index >= 15 is 0 Å². The fraction of sp³-hybridized carbons (Fsp3) is 0.409. The summed E-state index contributed by atoms with van der Waals surface area (Å²) in [5, 5.41) is 10.1. The van der Waals surface area contributed by atoms with Gasteiger partial charge < -0.3 is 0 Å². The number of hydrogen-bond acceptors (Lipinski definition) is 5. The molecule has 0 radical (unpaired) electrons. The number of aryl methyl sites for hydroxylation is 1. The Kier molecular flexibility index (Phi) is 7.16. The van der Waals surface area contributed by atoms with Crippen LogP contribution in [0, 0.1) is 11.8 Å². The molecule has 4 heterocycles. The summed E-state index contributed by atoms with van der Waals surface area (Å²) in [6, 6.07) is 5.40. The normalized spacial score (nSPS) is 15.2. The van der Waals surface area contributed by atoms with Crippen LogP contribution < -0.4 is 15.1 Å². The van der Waals surface area contributed by atoms with Crippen LogP contribution in [0.15, 0.2) is 30.6 Å². The molecule has 1 saturated heterocycles. The summed E-state index contributed by atoms with van der Waals surface area (Å²) in [4.78, 5) is 14.4. The van der Waals surface area contributed by atoms with E-state index < -0.39 is 20.0 Å². The average Bonchev–Trinajstić information content (AvgIpc) is 3.36. The molecule has 1 fully saturated rings. The van der Waals surface area contributed by atoms with Crippen LogP contribution in [-0.4, -0.2) is 83.0 Å². The summed E-state index contributed by atoms with van der Waals surface area (Å²) < 4.78 is 43.2. The zero-order valence-corrected chi connectivity index (χ0v) is 20.4. The molecule has 0 bridgehead atoms. The Balaban J connectivity index is 1.57. The number of nitrogens with zero attached hydrogens (tertiary/aromatic N) is 5. The predicted octanol–water partition coefficient (Wildman–Crippen LogP) is 1.20. The Bertz CT molecular complexity index is 1230. The molecule has 0 spiro atoms. The minimum atomic E-state index is -4.35. The van der Waals surface area contributed by atoms with Gasteiger partial charge in [0.2, 0.25) is 0 Å². The number of nitrogens with one attached hydrogen (secondary N) is 2. The molecule has 8 nitrogen and oxygen atoms in total. The summed E-state index contributed by atoms with van der Waals surface area (Å²) in [5.74, 6) is 5.75. The van der Waals surface area contributed by atoms with E-state index in [0.717, 1.165) is 25.9 Å². The fourth-order valence-electron chi connectivity index (χ4n) is 3.71. The standard InChI is InChI=1S/C22H24F3N7OSe/c1-30-11-8-16(9-12-30)28-19-7-3-6-18-20(34-22(23,24)25)17(29-32(18)19)5-4-10-26-21(33)15-13-27-31(2)14-15/h3,6-7,13-14,16,28H,8-12H2,1-2H3,(H,26,33). The van der Waals surface area contributed by atoms with Crippen LogP contribution in [0.1, 0.15) is 28.9 Å². The molecule has 0 saturated carbocycles. The first-order valence-electron chi connectivity index (χ1n) is 10.7. The zero-order chi connectivity index (χ0) is 24.3. The van der Waals surface area contributed by atoms with E-state index in [9.17, 15) is 18.0 Å². The van der Waals surface area contributed by atoms with E-state index in [4.69, 9.17) is 0 Å². The molecule has 0 unspecified atom stereocenters. The molecule has 1 aliphatic rings. The summed E-state index contributed by atoms with van der Waals surface area (Å²) in [7, 11) is 3.76. The molecule has 12 heteroatoms. The van der Waals surface area contributed by atoms with Gasteiger partial charge >= 0.3 is 201 Å². The van der Waals surface area contributed by atoms with Crippen LogP contribution in [0.25, 0.3) is 5.52 Å². The molecule has 0 atom stereocenters. The van der Waals surface area contributed by atoms with Crippen molar-refractivity contribution in [1.82, 2.24) is 29.6 Å². The van der Waals surface area contributed by atoms with Gasteiger partial charge in [0.25, 0.3) is 0 Å². The number of aromatic nitrogens is 4. The molecule has 180 valence electrons. The summed E-state index contributed by atoms with van der Waals surface area (Å²) >= 11 is -1.82. The Hall–Kier alpha value is -3.00. The summed E-state index contributed by atoms with van der Waals surface area (Å²) in [6.45, 7) is 1.88. The fourth-order valence-corrected chi connectivity index (χ4v) is 5.13. The van der Waals surface area contributed by atoms with Crippen molar-refractivity contribution in [2.75, 3.05) is 32.0 Å². The van der Waals surface area contributed by atoms with Crippen LogP contribution in [0.4, 0.5) is 19.0 Å². The number of pyridine rings is 1. The third-order valence-corrected chi connectivity index (χ3v) is 7.17. The van der Waals surface area contributed by atoms with Crippen molar-refractivity contribution in [3.63, 3.8) is 0 Å². The number of carbonyl (C=O) groups excluding carboxylic acids is 1. The van der Waals surface area contributed by atoms with Gasteiger partial charge in [0, 0.05) is 0 Å².